The normalized spacial score (nSPS) is 11.7. The number of fused-ring (bicyclic) bond motifs is 1. The Kier molecular flexibility index (Phi) is 5.10. The van der Waals surface area contributed by atoms with Gasteiger partial charge in [-0.3, -0.25) is 4.79 Å². The first kappa shape index (κ1) is 19.5. The summed E-state index contributed by atoms with van der Waals surface area (Å²) in [6, 6.07) is 16.6. The van der Waals surface area contributed by atoms with E-state index >= 15 is 0 Å². The van der Waals surface area contributed by atoms with Gasteiger partial charge in [0.2, 0.25) is 0 Å². The molecule has 8 heteroatoms. The van der Waals surface area contributed by atoms with Gasteiger partial charge in [0.15, 0.2) is 0 Å². The van der Waals surface area contributed by atoms with Crippen LogP contribution in [0.4, 0.5) is 18.9 Å². The monoisotopic (exact) mass is 434 g/mol. The Morgan fingerprint density at radius 2 is 1.83 bits per heavy atom. The summed E-state index contributed by atoms with van der Waals surface area (Å²) in [5.41, 5.74) is 1.33. The molecule has 0 aliphatic rings. The Bertz CT molecular complexity index is 1180. The van der Waals surface area contributed by atoms with Crippen LogP contribution < -0.4 is 5.32 Å². The van der Waals surface area contributed by atoms with Crippen molar-refractivity contribution in [3.63, 3.8) is 0 Å². The highest BCUT2D eigenvalue weighted by atomic mass is 35.5. The number of halogens is 4. The number of alkyl halides is 3. The molecule has 0 saturated heterocycles. The topological polar surface area (TPSA) is 34.0 Å². The molecule has 29 heavy (non-hydrogen) atoms. The lowest BCUT2D eigenvalue weighted by molar-refractivity contribution is -0.137. The van der Waals surface area contributed by atoms with Crippen LogP contribution in [-0.2, 0) is 12.7 Å². The summed E-state index contributed by atoms with van der Waals surface area (Å²) in [6.45, 7) is 0.470. The van der Waals surface area contributed by atoms with Gasteiger partial charge in [0.05, 0.1) is 20.8 Å². The second kappa shape index (κ2) is 7.57. The first-order valence-electron chi connectivity index (χ1n) is 8.61. The van der Waals surface area contributed by atoms with Crippen LogP contribution in [0.5, 0.6) is 0 Å². The van der Waals surface area contributed by atoms with Crippen molar-refractivity contribution < 1.29 is 18.0 Å². The second-order valence-corrected chi connectivity index (χ2v) is 7.77. The molecule has 0 unspecified atom stereocenters. The van der Waals surface area contributed by atoms with Crippen molar-refractivity contribution in [1.82, 2.24) is 4.57 Å². The van der Waals surface area contributed by atoms with Gasteiger partial charge in [0.25, 0.3) is 5.91 Å². The minimum absolute atomic E-state index is 0.0301. The second-order valence-electron chi connectivity index (χ2n) is 6.42. The van der Waals surface area contributed by atoms with E-state index in [1.807, 2.05) is 46.3 Å². The summed E-state index contributed by atoms with van der Waals surface area (Å²) in [6.07, 6.45) is -4.60. The van der Waals surface area contributed by atoms with E-state index in [0.29, 0.717) is 12.2 Å². The third kappa shape index (κ3) is 4.02. The number of nitrogens with zero attached hydrogens (tertiary/aromatic N) is 1. The van der Waals surface area contributed by atoms with E-state index < -0.39 is 22.7 Å². The van der Waals surface area contributed by atoms with Gasteiger partial charge in [-0.1, -0.05) is 41.9 Å². The Balaban J connectivity index is 1.68. The highest BCUT2D eigenvalue weighted by Crippen LogP contribution is 2.36. The quantitative estimate of drug-likeness (QED) is 0.382. The number of hydrogen-bond donors (Lipinski definition) is 1. The van der Waals surface area contributed by atoms with Gasteiger partial charge >= 0.3 is 6.18 Å². The molecule has 0 atom stereocenters. The number of amides is 1. The summed E-state index contributed by atoms with van der Waals surface area (Å²) in [5.74, 6) is -0.486. The molecule has 2 heterocycles. The zero-order chi connectivity index (χ0) is 20.6. The first-order chi connectivity index (χ1) is 13.8. The number of nitrogens with one attached hydrogen (secondary N) is 1. The van der Waals surface area contributed by atoms with Crippen molar-refractivity contribution in [3.8, 4) is 0 Å². The molecule has 0 aliphatic carbocycles. The van der Waals surface area contributed by atoms with E-state index in [4.69, 9.17) is 11.6 Å². The summed E-state index contributed by atoms with van der Waals surface area (Å²) >= 11 is 7.15. The lowest BCUT2D eigenvalue weighted by atomic mass is 10.2. The van der Waals surface area contributed by atoms with E-state index in [1.54, 1.807) is 6.07 Å². The molecule has 0 bridgehead atoms. The van der Waals surface area contributed by atoms with E-state index in [0.717, 1.165) is 27.9 Å². The number of thiophene rings is 1. The fourth-order valence-electron chi connectivity index (χ4n) is 3.12. The van der Waals surface area contributed by atoms with E-state index in [9.17, 15) is 18.0 Å². The van der Waals surface area contributed by atoms with Crippen LogP contribution in [0.15, 0.2) is 66.0 Å². The fraction of sp³-hybridized carbons (Fsp3) is 0.0952. The van der Waals surface area contributed by atoms with Gasteiger partial charge in [-0.25, -0.2) is 0 Å². The molecule has 4 aromatic rings. The Morgan fingerprint density at radius 3 is 2.55 bits per heavy atom. The number of benzene rings is 2. The zero-order valence-corrected chi connectivity index (χ0v) is 16.4. The maximum Gasteiger partial charge on any atom is 0.417 e. The minimum Gasteiger partial charge on any atom is -0.331 e. The highest BCUT2D eigenvalue weighted by Gasteiger charge is 2.33. The molecule has 2 aromatic carbocycles. The maximum atomic E-state index is 13.1. The predicted octanol–water partition coefficient (Wildman–Crippen LogP) is 6.68. The van der Waals surface area contributed by atoms with Crippen LogP contribution in [-0.4, -0.2) is 10.5 Å². The molecule has 4 rings (SSSR count). The third-order valence-corrected chi connectivity index (χ3v) is 5.65. The number of carbonyl (C=O) groups excluding carboxylic acids is 1. The molecular formula is C21H14ClF3N2OS. The minimum atomic E-state index is -4.60. The van der Waals surface area contributed by atoms with Crippen LogP contribution in [0.1, 0.15) is 21.6 Å². The number of rotatable bonds is 4. The first-order valence-corrected chi connectivity index (χ1v) is 9.87. The lowest BCUT2D eigenvalue weighted by Crippen LogP contribution is -2.18. The highest BCUT2D eigenvalue weighted by molar-refractivity contribution is 7.17. The van der Waals surface area contributed by atoms with Crippen molar-refractivity contribution >= 4 is 44.7 Å². The molecule has 0 saturated carbocycles. The van der Waals surface area contributed by atoms with Gasteiger partial charge < -0.3 is 9.88 Å². The summed E-state index contributed by atoms with van der Waals surface area (Å²) in [7, 11) is 0. The van der Waals surface area contributed by atoms with Crippen LogP contribution in [0.2, 0.25) is 5.02 Å². The van der Waals surface area contributed by atoms with Crippen molar-refractivity contribution in [2.75, 3.05) is 5.32 Å². The SMILES string of the molecule is O=C(Nc1ccc(Cl)c(C(F)(F)F)c1)c1cc2sccc2n1Cc1ccccc1. The van der Waals surface area contributed by atoms with Crippen molar-refractivity contribution in [1.29, 1.82) is 0 Å². The largest absolute Gasteiger partial charge is 0.417 e. The summed E-state index contributed by atoms with van der Waals surface area (Å²) < 4.78 is 42.1. The van der Waals surface area contributed by atoms with Crippen LogP contribution >= 0.6 is 22.9 Å². The van der Waals surface area contributed by atoms with Gasteiger partial charge in [0.1, 0.15) is 5.69 Å². The lowest BCUT2D eigenvalue weighted by Gasteiger charge is -2.13. The number of anilines is 1. The molecule has 0 radical (unpaired) electrons. The Labute approximate surface area is 173 Å². The molecule has 1 amide bonds. The predicted molar refractivity (Wildman–Crippen MR) is 110 cm³/mol. The molecule has 148 valence electrons. The molecule has 0 fully saturated rings. The molecule has 0 aliphatic heterocycles. The van der Waals surface area contributed by atoms with E-state index in [-0.39, 0.29) is 5.69 Å². The van der Waals surface area contributed by atoms with Crippen LogP contribution in [0, 0.1) is 0 Å². The molecule has 3 nitrogen and oxygen atoms in total. The van der Waals surface area contributed by atoms with Crippen molar-refractivity contribution in [2.45, 2.75) is 12.7 Å². The Hall–Kier alpha value is -2.77. The van der Waals surface area contributed by atoms with E-state index in [1.165, 1.54) is 17.4 Å². The summed E-state index contributed by atoms with van der Waals surface area (Å²) in [5, 5.41) is 4.08. The van der Waals surface area contributed by atoms with Crippen LogP contribution in [0.3, 0.4) is 0 Å². The van der Waals surface area contributed by atoms with E-state index in [2.05, 4.69) is 5.32 Å². The Morgan fingerprint density at radius 1 is 1.07 bits per heavy atom. The molecular weight excluding hydrogens is 421 g/mol. The fourth-order valence-corrected chi connectivity index (χ4v) is 4.16. The molecule has 2 aromatic heterocycles. The maximum absolute atomic E-state index is 13.1. The van der Waals surface area contributed by atoms with Gasteiger partial charge in [-0.05, 0) is 41.3 Å². The standard InChI is InChI=1S/C21H14ClF3N2OS/c22-16-7-6-14(10-15(16)21(23,24)25)26-20(28)18-11-19-17(8-9-29-19)27(18)12-13-4-2-1-3-5-13/h1-11H,12H2,(H,26,28). The van der Waals surface area contributed by atoms with Crippen molar-refractivity contribution in [2.24, 2.45) is 0 Å². The number of hydrogen-bond acceptors (Lipinski definition) is 2. The zero-order valence-electron chi connectivity index (χ0n) is 14.8. The number of aromatic nitrogens is 1. The van der Waals surface area contributed by atoms with Gasteiger partial charge in [-0.2, -0.15) is 13.2 Å². The average molecular weight is 435 g/mol. The molecule has 0 spiro atoms. The average Bonchev–Trinajstić information content (AvgIpc) is 3.26. The third-order valence-electron chi connectivity index (χ3n) is 4.47. The van der Waals surface area contributed by atoms with Gasteiger partial charge in [-0.15, -0.1) is 11.3 Å². The molecule has 1 N–H and O–H groups in total. The van der Waals surface area contributed by atoms with Gasteiger partial charge in [0, 0.05) is 12.2 Å². The smallest absolute Gasteiger partial charge is 0.331 e. The summed E-state index contributed by atoms with van der Waals surface area (Å²) in [4.78, 5) is 12.9. The van der Waals surface area contributed by atoms with Crippen LogP contribution in [0.25, 0.3) is 10.2 Å². The number of carbonyl (C=O) groups is 1. The van der Waals surface area contributed by atoms with Crippen molar-refractivity contribution in [3.05, 3.63) is 87.9 Å².